The summed E-state index contributed by atoms with van der Waals surface area (Å²) in [7, 11) is 0. The molecular weight excluding hydrogens is 370 g/mol. The number of carboxylic acid groups (broad SMARTS) is 1. The number of hydrogen-bond acceptors (Lipinski definition) is 6. The molecule has 0 radical (unpaired) electrons. The summed E-state index contributed by atoms with van der Waals surface area (Å²) in [6, 6.07) is 10.7. The molecule has 0 N–H and O–H groups in total. The Labute approximate surface area is 151 Å². The zero-order chi connectivity index (χ0) is 17.3. The lowest BCUT2D eigenvalue weighted by molar-refractivity contribution is -0.305. The van der Waals surface area contributed by atoms with Crippen LogP contribution in [0.4, 0.5) is 0 Å². The van der Waals surface area contributed by atoms with Gasteiger partial charge in [0.1, 0.15) is 15.8 Å². The van der Waals surface area contributed by atoms with E-state index < -0.39 is 18.4 Å². The normalized spacial score (nSPS) is 16.2. The molecule has 1 fully saturated rings. The van der Waals surface area contributed by atoms with E-state index in [1.54, 1.807) is 24.3 Å². The summed E-state index contributed by atoms with van der Waals surface area (Å²) in [5.41, 5.74) is 0.812. The Kier molecular flexibility index (Phi) is 4.75. The minimum absolute atomic E-state index is 0.178. The van der Waals surface area contributed by atoms with Crippen LogP contribution in [0.5, 0.6) is 0 Å². The van der Waals surface area contributed by atoms with Gasteiger partial charge in [0, 0.05) is 16.7 Å². The summed E-state index contributed by atoms with van der Waals surface area (Å²) in [6.07, 6.45) is 1.53. The maximum Gasteiger partial charge on any atom is 0.266 e. The topological polar surface area (TPSA) is 73.6 Å². The SMILES string of the molecule is O=C([O-])CN1C(=O)/C(=C\c2ccc(-c3cccc(Cl)c3)o2)SC1=S. The number of carbonyl (C=O) groups excluding carboxylic acids is 2. The minimum Gasteiger partial charge on any atom is -0.548 e. The highest BCUT2D eigenvalue weighted by Gasteiger charge is 2.32. The monoisotopic (exact) mass is 378 g/mol. The number of nitrogens with zero attached hydrogens (tertiary/aromatic N) is 1. The molecule has 24 heavy (non-hydrogen) atoms. The van der Waals surface area contributed by atoms with E-state index in [1.165, 1.54) is 6.08 Å². The Hall–Kier alpha value is -2.09. The first-order chi connectivity index (χ1) is 11.4. The van der Waals surface area contributed by atoms with Crippen LogP contribution in [0.2, 0.25) is 5.02 Å². The third-order valence-corrected chi connectivity index (χ3v) is 4.78. The van der Waals surface area contributed by atoms with Crippen molar-refractivity contribution in [1.29, 1.82) is 0 Å². The van der Waals surface area contributed by atoms with Gasteiger partial charge < -0.3 is 14.3 Å². The Bertz CT molecular complexity index is 874. The van der Waals surface area contributed by atoms with Crippen LogP contribution >= 0.6 is 35.6 Å². The van der Waals surface area contributed by atoms with Crippen molar-refractivity contribution >= 4 is 57.9 Å². The zero-order valence-corrected chi connectivity index (χ0v) is 14.4. The van der Waals surface area contributed by atoms with Gasteiger partial charge in [-0.05, 0) is 24.3 Å². The zero-order valence-electron chi connectivity index (χ0n) is 12.0. The van der Waals surface area contributed by atoms with Crippen molar-refractivity contribution in [3.8, 4) is 11.3 Å². The Morgan fingerprint density at radius 1 is 1.38 bits per heavy atom. The number of benzene rings is 1. The first-order valence-electron chi connectivity index (χ1n) is 6.75. The largest absolute Gasteiger partial charge is 0.548 e. The molecule has 8 heteroatoms. The molecule has 1 aliphatic heterocycles. The van der Waals surface area contributed by atoms with Gasteiger partial charge in [0.25, 0.3) is 5.91 Å². The van der Waals surface area contributed by atoms with Gasteiger partial charge in [0.05, 0.1) is 17.4 Å². The molecule has 0 saturated carbocycles. The van der Waals surface area contributed by atoms with Crippen molar-refractivity contribution in [2.24, 2.45) is 0 Å². The van der Waals surface area contributed by atoms with Crippen molar-refractivity contribution in [1.82, 2.24) is 4.90 Å². The third kappa shape index (κ3) is 3.53. The van der Waals surface area contributed by atoms with Gasteiger partial charge in [-0.1, -0.05) is 47.7 Å². The molecule has 1 aromatic carbocycles. The van der Waals surface area contributed by atoms with Gasteiger partial charge in [-0.2, -0.15) is 0 Å². The highest BCUT2D eigenvalue weighted by Crippen LogP contribution is 2.33. The summed E-state index contributed by atoms with van der Waals surface area (Å²) < 4.78 is 5.87. The number of furan rings is 1. The van der Waals surface area contributed by atoms with E-state index in [0.717, 1.165) is 22.2 Å². The van der Waals surface area contributed by atoms with Gasteiger partial charge >= 0.3 is 0 Å². The van der Waals surface area contributed by atoms with Crippen molar-refractivity contribution in [3.05, 3.63) is 52.1 Å². The molecule has 2 aromatic rings. The van der Waals surface area contributed by atoms with E-state index in [1.807, 2.05) is 12.1 Å². The molecule has 1 aliphatic rings. The van der Waals surface area contributed by atoms with Gasteiger partial charge in [0.15, 0.2) is 0 Å². The molecule has 122 valence electrons. The number of thioether (sulfide) groups is 1. The molecule has 3 rings (SSSR count). The van der Waals surface area contributed by atoms with Crippen molar-refractivity contribution in [3.63, 3.8) is 0 Å². The molecule has 1 aromatic heterocycles. The van der Waals surface area contributed by atoms with Gasteiger partial charge in [-0.25, -0.2) is 0 Å². The molecule has 1 saturated heterocycles. The molecule has 0 bridgehead atoms. The average molecular weight is 379 g/mol. The van der Waals surface area contributed by atoms with E-state index >= 15 is 0 Å². The van der Waals surface area contributed by atoms with Crippen LogP contribution in [0.25, 0.3) is 17.4 Å². The second kappa shape index (κ2) is 6.80. The van der Waals surface area contributed by atoms with Crippen molar-refractivity contribution in [2.75, 3.05) is 6.54 Å². The van der Waals surface area contributed by atoms with E-state index in [2.05, 4.69) is 0 Å². The molecule has 0 atom stereocenters. The van der Waals surface area contributed by atoms with Crippen molar-refractivity contribution < 1.29 is 19.1 Å². The fourth-order valence-corrected chi connectivity index (χ4v) is 3.55. The number of carbonyl (C=O) groups is 2. The first-order valence-corrected chi connectivity index (χ1v) is 8.35. The number of halogens is 1. The lowest BCUT2D eigenvalue weighted by Crippen LogP contribution is -2.40. The van der Waals surface area contributed by atoms with Crippen LogP contribution in [0.15, 0.2) is 45.7 Å². The Morgan fingerprint density at radius 2 is 2.17 bits per heavy atom. The molecule has 0 spiro atoms. The second-order valence-corrected chi connectivity index (χ2v) is 6.96. The lowest BCUT2D eigenvalue weighted by atomic mass is 10.2. The number of rotatable bonds is 4. The fourth-order valence-electron chi connectivity index (χ4n) is 2.12. The summed E-state index contributed by atoms with van der Waals surface area (Å²) in [5.74, 6) is -0.781. The third-order valence-electron chi connectivity index (χ3n) is 3.17. The highest BCUT2D eigenvalue weighted by atomic mass is 35.5. The Balaban J connectivity index is 1.84. The van der Waals surface area contributed by atoms with Crippen LogP contribution in [0, 0.1) is 0 Å². The standard InChI is InChI=1S/C16H10ClNO4S2/c17-10-3-1-2-9(6-10)12-5-4-11(22-12)7-13-15(21)18(8-14(19)20)16(23)24-13/h1-7H,8H2,(H,19,20)/p-1/b13-7+. The maximum atomic E-state index is 12.2. The number of hydrogen-bond donors (Lipinski definition) is 0. The maximum absolute atomic E-state index is 12.2. The van der Waals surface area contributed by atoms with Crippen LogP contribution in [-0.4, -0.2) is 27.6 Å². The van der Waals surface area contributed by atoms with Crippen LogP contribution < -0.4 is 5.11 Å². The van der Waals surface area contributed by atoms with E-state index in [-0.39, 0.29) is 4.32 Å². The summed E-state index contributed by atoms with van der Waals surface area (Å²) in [4.78, 5) is 24.1. The highest BCUT2D eigenvalue weighted by molar-refractivity contribution is 8.26. The number of thiocarbonyl (C=S) groups is 1. The van der Waals surface area contributed by atoms with Gasteiger partial charge in [-0.3, -0.25) is 9.69 Å². The quantitative estimate of drug-likeness (QED) is 0.601. The van der Waals surface area contributed by atoms with Crippen molar-refractivity contribution in [2.45, 2.75) is 0 Å². The summed E-state index contributed by atoms with van der Waals surface area (Å²) in [6.45, 7) is -0.562. The van der Waals surface area contributed by atoms with E-state index in [4.69, 9.17) is 28.2 Å². The molecule has 1 amide bonds. The van der Waals surface area contributed by atoms with Crippen LogP contribution in [-0.2, 0) is 9.59 Å². The lowest BCUT2D eigenvalue weighted by Gasteiger charge is -2.14. The first kappa shape index (κ1) is 16.8. The fraction of sp³-hybridized carbons (Fsp3) is 0.0625. The van der Waals surface area contributed by atoms with Crippen LogP contribution in [0.3, 0.4) is 0 Å². The van der Waals surface area contributed by atoms with Gasteiger partial charge in [-0.15, -0.1) is 0 Å². The molecule has 5 nitrogen and oxygen atoms in total. The predicted octanol–water partition coefficient (Wildman–Crippen LogP) is 2.55. The molecular formula is C16H9ClNO4S2-. The average Bonchev–Trinajstić information content (AvgIpc) is 3.08. The number of amides is 1. The number of aliphatic carboxylic acids is 1. The summed E-state index contributed by atoms with van der Waals surface area (Å²) in [5, 5.41) is 11.3. The molecule has 0 aliphatic carbocycles. The van der Waals surface area contributed by atoms with E-state index in [9.17, 15) is 14.7 Å². The number of carboxylic acids is 1. The summed E-state index contributed by atoms with van der Waals surface area (Å²) >= 11 is 12.0. The minimum atomic E-state index is -1.37. The smallest absolute Gasteiger partial charge is 0.266 e. The predicted molar refractivity (Wildman–Crippen MR) is 94.0 cm³/mol. The second-order valence-electron chi connectivity index (χ2n) is 4.85. The Morgan fingerprint density at radius 3 is 2.88 bits per heavy atom. The van der Waals surface area contributed by atoms with Gasteiger partial charge in [0.2, 0.25) is 0 Å². The van der Waals surface area contributed by atoms with Crippen LogP contribution in [0.1, 0.15) is 5.76 Å². The molecule has 2 heterocycles. The van der Waals surface area contributed by atoms with E-state index in [0.29, 0.717) is 21.4 Å². The molecule has 0 unspecified atom stereocenters.